The van der Waals surface area contributed by atoms with Crippen molar-refractivity contribution in [3.63, 3.8) is 0 Å². The molecule has 0 radical (unpaired) electrons. The van der Waals surface area contributed by atoms with Crippen molar-refractivity contribution >= 4 is 37.4 Å². The van der Waals surface area contributed by atoms with E-state index in [1.54, 1.807) is 17.4 Å². The highest BCUT2D eigenvalue weighted by Gasteiger charge is 2.07. The zero-order valence-corrected chi connectivity index (χ0v) is 9.52. The minimum Gasteiger partial charge on any atom is -0.391 e. The molecule has 0 aliphatic rings. The van der Waals surface area contributed by atoms with Crippen molar-refractivity contribution in [2.45, 2.75) is 6.61 Å². The molecule has 14 heavy (non-hydrogen) atoms. The Kier molecular flexibility index (Phi) is 2.55. The average molecular weight is 268 g/mol. The van der Waals surface area contributed by atoms with E-state index < -0.39 is 0 Å². The van der Waals surface area contributed by atoms with E-state index in [4.69, 9.17) is 10.4 Å². The molecular weight excluding hydrogens is 262 g/mol. The fraction of sp³-hybridized carbons (Fsp3) is 0.100. The van der Waals surface area contributed by atoms with Crippen LogP contribution in [0.4, 0.5) is 0 Å². The first-order valence-electron chi connectivity index (χ1n) is 3.98. The lowest BCUT2D eigenvalue weighted by atomic mass is 10.2. The maximum absolute atomic E-state index is 8.99. The molecule has 1 aromatic carbocycles. The molecule has 1 heterocycles. The number of fused-ring (bicyclic) bond motifs is 1. The number of hydrogen-bond acceptors (Lipinski definition) is 3. The minimum absolute atomic E-state index is 0.0493. The van der Waals surface area contributed by atoms with Crippen LogP contribution in [0, 0.1) is 11.3 Å². The van der Waals surface area contributed by atoms with Crippen molar-refractivity contribution < 1.29 is 5.11 Å². The minimum atomic E-state index is 0.0493. The average Bonchev–Trinajstić information content (AvgIpc) is 2.62. The molecule has 0 fully saturated rings. The van der Waals surface area contributed by atoms with Crippen LogP contribution in [-0.2, 0) is 6.61 Å². The Balaban J connectivity index is 2.76. The molecule has 2 aromatic rings. The number of aliphatic hydroxyl groups excluding tert-OH is 1. The van der Waals surface area contributed by atoms with E-state index >= 15 is 0 Å². The quantitative estimate of drug-likeness (QED) is 0.863. The Labute approximate surface area is 93.5 Å². The van der Waals surface area contributed by atoms with Gasteiger partial charge in [0.1, 0.15) is 6.07 Å². The summed E-state index contributed by atoms with van der Waals surface area (Å²) in [5.41, 5.74) is 0.625. The summed E-state index contributed by atoms with van der Waals surface area (Å²) in [5.74, 6) is 0. The van der Waals surface area contributed by atoms with Gasteiger partial charge in [-0.05, 0) is 34.1 Å². The van der Waals surface area contributed by atoms with Crippen LogP contribution in [0.5, 0.6) is 0 Å². The highest BCUT2D eigenvalue weighted by molar-refractivity contribution is 9.10. The molecule has 2 nitrogen and oxygen atoms in total. The SMILES string of the molecule is N#Cc1ccc2sc(CO)cc2c1Br. The largest absolute Gasteiger partial charge is 0.391 e. The maximum Gasteiger partial charge on any atom is 0.100 e. The molecule has 0 saturated carbocycles. The number of aliphatic hydroxyl groups is 1. The van der Waals surface area contributed by atoms with Crippen LogP contribution in [0.15, 0.2) is 22.7 Å². The monoisotopic (exact) mass is 267 g/mol. The summed E-state index contributed by atoms with van der Waals surface area (Å²) in [6.07, 6.45) is 0. The van der Waals surface area contributed by atoms with Crippen molar-refractivity contribution in [1.82, 2.24) is 0 Å². The fourth-order valence-electron chi connectivity index (χ4n) is 1.29. The van der Waals surface area contributed by atoms with Crippen molar-refractivity contribution in [2.24, 2.45) is 0 Å². The smallest absolute Gasteiger partial charge is 0.100 e. The van der Waals surface area contributed by atoms with Crippen LogP contribution in [0.1, 0.15) is 10.4 Å². The van der Waals surface area contributed by atoms with Crippen LogP contribution in [-0.4, -0.2) is 5.11 Å². The second-order valence-corrected chi connectivity index (χ2v) is 4.78. The lowest BCUT2D eigenvalue weighted by Crippen LogP contribution is -1.76. The molecule has 1 aromatic heterocycles. The summed E-state index contributed by atoms with van der Waals surface area (Å²) in [6, 6.07) is 7.70. The van der Waals surface area contributed by atoms with Gasteiger partial charge in [-0.15, -0.1) is 11.3 Å². The Bertz CT molecular complexity index is 527. The van der Waals surface area contributed by atoms with E-state index in [0.29, 0.717) is 5.56 Å². The third kappa shape index (κ3) is 1.44. The van der Waals surface area contributed by atoms with E-state index in [0.717, 1.165) is 19.4 Å². The van der Waals surface area contributed by atoms with E-state index in [1.165, 1.54) is 0 Å². The van der Waals surface area contributed by atoms with Gasteiger partial charge in [0.25, 0.3) is 0 Å². The molecule has 70 valence electrons. The molecule has 4 heteroatoms. The first kappa shape index (κ1) is 9.66. The number of nitrogens with zero attached hydrogens (tertiary/aromatic N) is 1. The third-order valence-corrected chi connectivity index (χ3v) is 3.90. The topological polar surface area (TPSA) is 44.0 Å². The molecule has 0 atom stereocenters. The molecule has 0 bridgehead atoms. The van der Waals surface area contributed by atoms with E-state index in [2.05, 4.69) is 22.0 Å². The standard InChI is InChI=1S/C10H6BrNOS/c11-10-6(4-12)1-2-9-8(10)3-7(5-13)14-9/h1-3,13H,5H2. The van der Waals surface area contributed by atoms with Gasteiger partial charge in [-0.3, -0.25) is 0 Å². The molecule has 0 spiro atoms. The molecule has 0 aliphatic heterocycles. The van der Waals surface area contributed by atoms with Gasteiger partial charge >= 0.3 is 0 Å². The second-order valence-electron chi connectivity index (χ2n) is 2.82. The first-order valence-corrected chi connectivity index (χ1v) is 5.59. The third-order valence-electron chi connectivity index (χ3n) is 1.96. The van der Waals surface area contributed by atoms with Crippen LogP contribution >= 0.6 is 27.3 Å². The van der Waals surface area contributed by atoms with E-state index in [1.807, 2.05) is 12.1 Å². The highest BCUT2D eigenvalue weighted by atomic mass is 79.9. The van der Waals surface area contributed by atoms with Gasteiger partial charge in [0, 0.05) is 19.4 Å². The molecule has 1 N–H and O–H groups in total. The van der Waals surface area contributed by atoms with E-state index in [-0.39, 0.29) is 6.61 Å². The van der Waals surface area contributed by atoms with Gasteiger partial charge in [-0.2, -0.15) is 5.26 Å². The molecule has 0 saturated heterocycles. The molecule has 0 amide bonds. The molecule has 2 rings (SSSR count). The molecule has 0 unspecified atom stereocenters. The molecule has 0 aliphatic carbocycles. The van der Waals surface area contributed by atoms with Crippen molar-refractivity contribution in [3.8, 4) is 6.07 Å². The van der Waals surface area contributed by atoms with Gasteiger partial charge in [0.2, 0.25) is 0 Å². The Morgan fingerprint density at radius 3 is 2.93 bits per heavy atom. The summed E-state index contributed by atoms with van der Waals surface area (Å²) in [5, 5.41) is 18.8. The van der Waals surface area contributed by atoms with Crippen LogP contribution in [0.2, 0.25) is 0 Å². The van der Waals surface area contributed by atoms with Gasteiger partial charge in [-0.25, -0.2) is 0 Å². The summed E-state index contributed by atoms with van der Waals surface area (Å²) in [4.78, 5) is 0.913. The number of hydrogen-bond donors (Lipinski definition) is 1. The number of rotatable bonds is 1. The zero-order chi connectivity index (χ0) is 10.1. The van der Waals surface area contributed by atoms with Crippen molar-refractivity contribution in [1.29, 1.82) is 5.26 Å². The Morgan fingerprint density at radius 1 is 1.50 bits per heavy atom. The summed E-state index contributed by atoms with van der Waals surface area (Å²) >= 11 is 4.93. The van der Waals surface area contributed by atoms with Crippen molar-refractivity contribution in [3.05, 3.63) is 33.1 Å². The lowest BCUT2D eigenvalue weighted by molar-refractivity contribution is 0.285. The van der Waals surface area contributed by atoms with Gasteiger partial charge in [0.15, 0.2) is 0 Å². The van der Waals surface area contributed by atoms with Gasteiger partial charge < -0.3 is 5.11 Å². The summed E-state index contributed by atoms with van der Waals surface area (Å²) in [6.45, 7) is 0.0493. The number of thiophene rings is 1. The zero-order valence-electron chi connectivity index (χ0n) is 7.12. The maximum atomic E-state index is 8.99. The van der Waals surface area contributed by atoms with Crippen LogP contribution < -0.4 is 0 Å². The van der Waals surface area contributed by atoms with E-state index in [9.17, 15) is 0 Å². The predicted octanol–water partition coefficient (Wildman–Crippen LogP) is 3.03. The van der Waals surface area contributed by atoms with Crippen LogP contribution in [0.3, 0.4) is 0 Å². The Hall–Kier alpha value is -0.890. The number of nitriles is 1. The highest BCUT2D eigenvalue weighted by Crippen LogP contribution is 2.33. The number of halogens is 1. The first-order chi connectivity index (χ1) is 6.76. The second kappa shape index (κ2) is 3.70. The Morgan fingerprint density at radius 2 is 2.29 bits per heavy atom. The summed E-state index contributed by atoms with van der Waals surface area (Å²) in [7, 11) is 0. The number of benzene rings is 1. The summed E-state index contributed by atoms with van der Waals surface area (Å²) < 4.78 is 1.90. The lowest BCUT2D eigenvalue weighted by Gasteiger charge is -1.95. The normalized spacial score (nSPS) is 10.4. The van der Waals surface area contributed by atoms with Crippen molar-refractivity contribution in [2.75, 3.05) is 0 Å². The van der Waals surface area contributed by atoms with Gasteiger partial charge in [-0.1, -0.05) is 0 Å². The van der Waals surface area contributed by atoms with Crippen LogP contribution in [0.25, 0.3) is 10.1 Å². The predicted molar refractivity (Wildman–Crippen MR) is 60.2 cm³/mol. The van der Waals surface area contributed by atoms with Gasteiger partial charge in [0.05, 0.1) is 12.2 Å². The fourth-order valence-corrected chi connectivity index (χ4v) is 2.91. The molecular formula is C10H6BrNOS.